The predicted molar refractivity (Wildman–Crippen MR) is 81.4 cm³/mol. The van der Waals surface area contributed by atoms with E-state index in [0.717, 1.165) is 23.4 Å². The second-order valence-corrected chi connectivity index (χ2v) is 6.03. The molecule has 1 aromatic heterocycles. The Kier molecular flexibility index (Phi) is 4.97. The first-order valence-corrected chi connectivity index (χ1v) is 7.59. The topological polar surface area (TPSA) is 12.0 Å². The Balaban J connectivity index is 2.18. The molecule has 0 bridgehead atoms. The van der Waals surface area contributed by atoms with Crippen LogP contribution in [0.3, 0.4) is 0 Å². The second-order valence-electron chi connectivity index (χ2n) is 4.51. The van der Waals surface area contributed by atoms with Gasteiger partial charge in [0.15, 0.2) is 0 Å². The first-order chi connectivity index (χ1) is 9.11. The standard InChI is InChI=1S/C15H17ClFNS/c1-3-8-18-10(2)14-6-7-15(19-14)11-4-5-12(16)13(17)9-11/h4-7,9-10,18H,3,8H2,1-2H3. The summed E-state index contributed by atoms with van der Waals surface area (Å²) in [7, 11) is 0. The maximum absolute atomic E-state index is 13.5. The molecule has 1 heterocycles. The van der Waals surface area contributed by atoms with Gasteiger partial charge in [-0.05, 0) is 49.7 Å². The highest BCUT2D eigenvalue weighted by molar-refractivity contribution is 7.15. The van der Waals surface area contributed by atoms with Crippen molar-refractivity contribution in [2.24, 2.45) is 0 Å². The van der Waals surface area contributed by atoms with E-state index in [1.165, 1.54) is 10.9 Å². The summed E-state index contributed by atoms with van der Waals surface area (Å²) in [6.45, 7) is 5.30. The highest BCUT2D eigenvalue weighted by atomic mass is 35.5. The molecule has 0 radical (unpaired) electrons. The van der Waals surface area contributed by atoms with E-state index < -0.39 is 0 Å². The second kappa shape index (κ2) is 6.51. The summed E-state index contributed by atoms with van der Waals surface area (Å²) in [6.07, 6.45) is 1.12. The normalized spacial score (nSPS) is 12.6. The Morgan fingerprint density at radius 2 is 2.11 bits per heavy atom. The lowest BCUT2D eigenvalue weighted by atomic mass is 10.2. The van der Waals surface area contributed by atoms with Crippen LogP contribution in [0.5, 0.6) is 0 Å². The molecule has 1 N–H and O–H groups in total. The molecule has 1 unspecified atom stereocenters. The summed E-state index contributed by atoms with van der Waals surface area (Å²) in [5, 5.41) is 3.61. The van der Waals surface area contributed by atoms with Crippen molar-refractivity contribution in [1.82, 2.24) is 5.32 Å². The smallest absolute Gasteiger partial charge is 0.142 e. The van der Waals surface area contributed by atoms with Crippen LogP contribution in [0.1, 0.15) is 31.2 Å². The molecule has 102 valence electrons. The Hall–Kier alpha value is -0.900. The summed E-state index contributed by atoms with van der Waals surface area (Å²) in [4.78, 5) is 2.33. The van der Waals surface area contributed by atoms with Crippen molar-refractivity contribution in [3.05, 3.63) is 46.0 Å². The predicted octanol–water partition coefficient (Wildman–Crippen LogP) is 5.27. The molecule has 1 atom stereocenters. The molecule has 0 spiro atoms. The molecule has 1 nitrogen and oxygen atoms in total. The minimum atomic E-state index is -0.369. The van der Waals surface area contributed by atoms with Gasteiger partial charge in [0, 0.05) is 15.8 Å². The van der Waals surface area contributed by atoms with Gasteiger partial charge in [0.2, 0.25) is 0 Å². The first kappa shape index (κ1) is 14.5. The van der Waals surface area contributed by atoms with Crippen LogP contribution in [-0.4, -0.2) is 6.54 Å². The van der Waals surface area contributed by atoms with E-state index >= 15 is 0 Å². The number of hydrogen-bond donors (Lipinski definition) is 1. The lowest BCUT2D eigenvalue weighted by Gasteiger charge is -2.10. The fraction of sp³-hybridized carbons (Fsp3) is 0.333. The Morgan fingerprint density at radius 1 is 1.32 bits per heavy atom. The third-order valence-corrected chi connectivity index (χ3v) is 4.58. The molecule has 0 aliphatic heterocycles. The van der Waals surface area contributed by atoms with Crippen LogP contribution in [0.2, 0.25) is 5.02 Å². The number of hydrogen-bond acceptors (Lipinski definition) is 2. The number of benzene rings is 1. The zero-order chi connectivity index (χ0) is 13.8. The maximum atomic E-state index is 13.5. The summed E-state index contributed by atoms with van der Waals surface area (Å²) >= 11 is 7.39. The molecule has 19 heavy (non-hydrogen) atoms. The van der Waals surface area contributed by atoms with Gasteiger partial charge in [-0.2, -0.15) is 0 Å². The van der Waals surface area contributed by atoms with E-state index in [4.69, 9.17) is 11.6 Å². The zero-order valence-corrected chi connectivity index (χ0v) is 12.6. The number of thiophene rings is 1. The lowest BCUT2D eigenvalue weighted by molar-refractivity contribution is 0.578. The van der Waals surface area contributed by atoms with Crippen molar-refractivity contribution >= 4 is 22.9 Å². The number of halogens is 2. The van der Waals surface area contributed by atoms with Crippen LogP contribution in [0.4, 0.5) is 4.39 Å². The third-order valence-electron chi connectivity index (χ3n) is 2.96. The van der Waals surface area contributed by atoms with Crippen LogP contribution in [0, 0.1) is 5.82 Å². The molecular weight excluding hydrogens is 281 g/mol. The van der Waals surface area contributed by atoms with Gasteiger partial charge in [-0.25, -0.2) is 4.39 Å². The van der Waals surface area contributed by atoms with Crippen molar-refractivity contribution in [2.75, 3.05) is 6.54 Å². The Bertz CT molecular complexity index is 553. The van der Waals surface area contributed by atoms with E-state index in [9.17, 15) is 4.39 Å². The van der Waals surface area contributed by atoms with E-state index in [2.05, 4.69) is 25.2 Å². The molecule has 2 rings (SSSR count). The summed E-state index contributed by atoms with van der Waals surface area (Å²) in [6, 6.07) is 9.40. The van der Waals surface area contributed by atoms with Gasteiger partial charge < -0.3 is 5.32 Å². The summed E-state index contributed by atoms with van der Waals surface area (Å²) in [5.74, 6) is -0.369. The molecule has 1 aromatic carbocycles. The molecule has 4 heteroatoms. The van der Waals surface area contributed by atoms with Crippen molar-refractivity contribution in [3.8, 4) is 10.4 Å². The van der Waals surface area contributed by atoms with E-state index in [0.29, 0.717) is 6.04 Å². The quantitative estimate of drug-likeness (QED) is 0.793. The molecule has 0 saturated carbocycles. The van der Waals surface area contributed by atoms with E-state index in [-0.39, 0.29) is 10.8 Å². The van der Waals surface area contributed by atoms with Gasteiger partial charge in [-0.1, -0.05) is 24.6 Å². The highest BCUT2D eigenvalue weighted by Gasteiger charge is 2.10. The lowest BCUT2D eigenvalue weighted by Crippen LogP contribution is -2.18. The van der Waals surface area contributed by atoms with Crippen molar-refractivity contribution in [3.63, 3.8) is 0 Å². The molecule has 0 aliphatic carbocycles. The molecule has 2 aromatic rings. The average molecular weight is 298 g/mol. The van der Waals surface area contributed by atoms with Crippen LogP contribution in [0.15, 0.2) is 30.3 Å². The van der Waals surface area contributed by atoms with Crippen LogP contribution < -0.4 is 5.32 Å². The SMILES string of the molecule is CCCNC(C)c1ccc(-c2ccc(Cl)c(F)c2)s1. The van der Waals surface area contributed by atoms with Crippen LogP contribution >= 0.6 is 22.9 Å². The molecule has 0 amide bonds. The number of nitrogens with one attached hydrogen (secondary N) is 1. The van der Waals surface area contributed by atoms with Gasteiger partial charge in [-0.15, -0.1) is 11.3 Å². The summed E-state index contributed by atoms with van der Waals surface area (Å²) < 4.78 is 13.5. The van der Waals surface area contributed by atoms with Gasteiger partial charge in [0.1, 0.15) is 5.82 Å². The molecule has 0 fully saturated rings. The maximum Gasteiger partial charge on any atom is 0.142 e. The van der Waals surface area contributed by atoms with Gasteiger partial charge in [-0.3, -0.25) is 0 Å². The third kappa shape index (κ3) is 3.56. The monoisotopic (exact) mass is 297 g/mol. The summed E-state index contributed by atoms with van der Waals surface area (Å²) in [5.41, 5.74) is 0.876. The van der Waals surface area contributed by atoms with Gasteiger partial charge in [0.05, 0.1) is 5.02 Å². The Labute approximate surface area is 122 Å². The first-order valence-electron chi connectivity index (χ1n) is 6.40. The fourth-order valence-electron chi connectivity index (χ4n) is 1.85. The largest absolute Gasteiger partial charge is 0.309 e. The molecule has 0 aliphatic rings. The number of rotatable bonds is 5. The van der Waals surface area contributed by atoms with Crippen molar-refractivity contribution < 1.29 is 4.39 Å². The minimum absolute atomic E-state index is 0.165. The highest BCUT2D eigenvalue weighted by Crippen LogP contribution is 2.32. The average Bonchev–Trinajstić information content (AvgIpc) is 2.89. The van der Waals surface area contributed by atoms with Crippen LogP contribution in [-0.2, 0) is 0 Å². The van der Waals surface area contributed by atoms with Gasteiger partial charge in [0.25, 0.3) is 0 Å². The Morgan fingerprint density at radius 3 is 2.79 bits per heavy atom. The minimum Gasteiger partial charge on any atom is -0.309 e. The van der Waals surface area contributed by atoms with Crippen molar-refractivity contribution in [1.29, 1.82) is 0 Å². The molecular formula is C15H17ClFNS. The van der Waals surface area contributed by atoms with E-state index in [1.807, 2.05) is 12.1 Å². The fourth-order valence-corrected chi connectivity index (χ4v) is 3.00. The van der Waals surface area contributed by atoms with E-state index in [1.54, 1.807) is 17.4 Å². The zero-order valence-electron chi connectivity index (χ0n) is 11.0. The van der Waals surface area contributed by atoms with Gasteiger partial charge >= 0.3 is 0 Å². The molecule has 0 saturated heterocycles. The van der Waals surface area contributed by atoms with Crippen molar-refractivity contribution in [2.45, 2.75) is 26.3 Å². The van der Waals surface area contributed by atoms with Crippen LogP contribution in [0.25, 0.3) is 10.4 Å².